The van der Waals surface area contributed by atoms with Crippen molar-refractivity contribution in [3.8, 4) is 0 Å². The maximum absolute atomic E-state index is 12.1. The van der Waals surface area contributed by atoms with Crippen molar-refractivity contribution in [3.63, 3.8) is 0 Å². The van der Waals surface area contributed by atoms with Crippen LogP contribution in [0.5, 0.6) is 0 Å². The molecule has 2 heterocycles. The van der Waals surface area contributed by atoms with Gasteiger partial charge in [0.2, 0.25) is 0 Å². The lowest BCUT2D eigenvalue weighted by Gasteiger charge is -2.24. The molecule has 1 fully saturated rings. The molecule has 1 aliphatic heterocycles. The highest BCUT2D eigenvalue weighted by atomic mass is 32.1. The van der Waals surface area contributed by atoms with Crippen LogP contribution in [0, 0.1) is 0 Å². The number of aliphatic hydroxyl groups is 1. The lowest BCUT2D eigenvalue weighted by atomic mass is 10.1. The van der Waals surface area contributed by atoms with E-state index < -0.39 is 24.1 Å². The Morgan fingerprint density at radius 2 is 2.35 bits per heavy atom. The van der Waals surface area contributed by atoms with Crippen molar-refractivity contribution in [1.29, 1.82) is 0 Å². The lowest BCUT2D eigenvalue weighted by molar-refractivity contribution is -0.141. The highest BCUT2D eigenvalue weighted by molar-refractivity contribution is 7.07. The first kappa shape index (κ1) is 14.8. The molecule has 0 bridgehead atoms. The molecule has 1 aromatic heterocycles. The first-order valence-electron chi connectivity index (χ1n) is 6.46. The minimum atomic E-state index is -1.08. The van der Waals surface area contributed by atoms with Crippen LogP contribution in [-0.2, 0) is 11.2 Å². The van der Waals surface area contributed by atoms with E-state index in [9.17, 15) is 14.7 Å². The summed E-state index contributed by atoms with van der Waals surface area (Å²) >= 11 is 1.60. The summed E-state index contributed by atoms with van der Waals surface area (Å²) < 4.78 is 0. The standard InChI is InChI=1S/C13H18N2O4S/c1-8(4-9-2-3-20-7-9)14-13(19)15-6-10(16)5-11(15)12(17)18/h2-3,7-8,10-11,16H,4-6H2,1H3,(H,14,19)(H,17,18)/t8?,10-,11-/m0/s1. The molecule has 7 heteroatoms. The Kier molecular flexibility index (Phi) is 4.61. The Hall–Kier alpha value is -1.60. The van der Waals surface area contributed by atoms with Gasteiger partial charge in [-0.3, -0.25) is 0 Å². The summed E-state index contributed by atoms with van der Waals surface area (Å²) in [6.07, 6.45) is 0.0134. The second-order valence-corrected chi connectivity index (χ2v) is 5.86. The van der Waals surface area contributed by atoms with Gasteiger partial charge in [-0.05, 0) is 35.7 Å². The van der Waals surface area contributed by atoms with E-state index in [2.05, 4.69) is 5.32 Å². The Labute approximate surface area is 121 Å². The number of nitrogens with zero attached hydrogens (tertiary/aromatic N) is 1. The van der Waals surface area contributed by atoms with Crippen LogP contribution in [0.2, 0.25) is 0 Å². The second-order valence-electron chi connectivity index (χ2n) is 5.08. The number of carboxylic acid groups (broad SMARTS) is 1. The molecule has 1 aromatic rings. The lowest BCUT2D eigenvalue weighted by Crippen LogP contribution is -2.49. The molecule has 0 spiro atoms. The van der Waals surface area contributed by atoms with Crippen molar-refractivity contribution in [2.24, 2.45) is 0 Å². The van der Waals surface area contributed by atoms with Crippen LogP contribution in [0.25, 0.3) is 0 Å². The van der Waals surface area contributed by atoms with Gasteiger partial charge < -0.3 is 20.4 Å². The van der Waals surface area contributed by atoms with Gasteiger partial charge in [0, 0.05) is 19.0 Å². The predicted molar refractivity (Wildman–Crippen MR) is 74.8 cm³/mol. The summed E-state index contributed by atoms with van der Waals surface area (Å²) in [5, 5.41) is 25.4. The SMILES string of the molecule is CC(Cc1ccsc1)NC(=O)N1C[C@@H](O)C[C@H]1C(=O)O. The van der Waals surface area contributed by atoms with E-state index in [0.29, 0.717) is 6.42 Å². The van der Waals surface area contributed by atoms with Crippen molar-refractivity contribution >= 4 is 23.3 Å². The van der Waals surface area contributed by atoms with Gasteiger partial charge in [0.15, 0.2) is 0 Å². The number of aliphatic carboxylic acids is 1. The maximum atomic E-state index is 12.1. The number of amides is 2. The minimum Gasteiger partial charge on any atom is -0.480 e. The molecule has 3 atom stereocenters. The van der Waals surface area contributed by atoms with Crippen LogP contribution in [0.1, 0.15) is 18.9 Å². The van der Waals surface area contributed by atoms with Gasteiger partial charge in [-0.15, -0.1) is 0 Å². The second kappa shape index (κ2) is 6.23. The molecule has 110 valence electrons. The normalized spacial score (nSPS) is 23.6. The van der Waals surface area contributed by atoms with E-state index in [0.717, 1.165) is 5.56 Å². The van der Waals surface area contributed by atoms with E-state index in [1.807, 2.05) is 23.8 Å². The van der Waals surface area contributed by atoms with Crippen LogP contribution in [0.3, 0.4) is 0 Å². The average Bonchev–Trinajstić information content (AvgIpc) is 2.97. The predicted octanol–water partition coefficient (Wildman–Crippen LogP) is 0.908. The number of hydrogen-bond acceptors (Lipinski definition) is 4. The third kappa shape index (κ3) is 3.49. The molecule has 0 aliphatic carbocycles. The number of urea groups is 1. The third-order valence-electron chi connectivity index (χ3n) is 3.32. The molecule has 0 aromatic carbocycles. The summed E-state index contributed by atoms with van der Waals surface area (Å²) in [7, 11) is 0. The molecule has 1 unspecified atom stereocenters. The minimum absolute atomic E-state index is 0.0635. The number of aliphatic hydroxyl groups excluding tert-OH is 1. The van der Waals surface area contributed by atoms with Crippen LogP contribution < -0.4 is 5.32 Å². The number of carboxylic acids is 1. The first-order valence-corrected chi connectivity index (χ1v) is 7.40. The van der Waals surface area contributed by atoms with E-state index in [-0.39, 0.29) is 19.0 Å². The summed E-state index contributed by atoms with van der Waals surface area (Å²) in [5.41, 5.74) is 1.14. The first-order chi connectivity index (χ1) is 9.47. The van der Waals surface area contributed by atoms with E-state index >= 15 is 0 Å². The van der Waals surface area contributed by atoms with Crippen molar-refractivity contribution < 1.29 is 19.8 Å². The monoisotopic (exact) mass is 298 g/mol. The Morgan fingerprint density at radius 1 is 1.60 bits per heavy atom. The fourth-order valence-corrected chi connectivity index (χ4v) is 3.06. The van der Waals surface area contributed by atoms with Crippen LogP contribution in [-0.4, -0.2) is 51.8 Å². The summed E-state index contributed by atoms with van der Waals surface area (Å²) in [4.78, 5) is 24.4. The van der Waals surface area contributed by atoms with Gasteiger partial charge in [0.05, 0.1) is 6.10 Å². The number of likely N-dealkylation sites (tertiary alicyclic amines) is 1. The number of carbonyl (C=O) groups is 2. The van der Waals surface area contributed by atoms with Crippen LogP contribution in [0.4, 0.5) is 4.79 Å². The van der Waals surface area contributed by atoms with Gasteiger partial charge in [-0.25, -0.2) is 9.59 Å². The smallest absolute Gasteiger partial charge is 0.326 e. The van der Waals surface area contributed by atoms with E-state index in [1.54, 1.807) is 11.3 Å². The molecule has 3 N–H and O–H groups in total. The molecular weight excluding hydrogens is 280 g/mol. The van der Waals surface area contributed by atoms with E-state index in [4.69, 9.17) is 5.11 Å². The fourth-order valence-electron chi connectivity index (χ4n) is 2.38. The van der Waals surface area contributed by atoms with Gasteiger partial charge >= 0.3 is 12.0 Å². The highest BCUT2D eigenvalue weighted by Crippen LogP contribution is 2.18. The number of thiophene rings is 1. The highest BCUT2D eigenvalue weighted by Gasteiger charge is 2.39. The number of carbonyl (C=O) groups excluding carboxylic acids is 1. The molecule has 1 aliphatic rings. The Bertz CT molecular complexity index is 477. The van der Waals surface area contributed by atoms with Crippen molar-refractivity contribution in [3.05, 3.63) is 22.4 Å². The molecule has 20 heavy (non-hydrogen) atoms. The topological polar surface area (TPSA) is 89.9 Å². The molecule has 2 rings (SSSR count). The Balaban J connectivity index is 1.92. The quantitative estimate of drug-likeness (QED) is 0.770. The summed E-state index contributed by atoms with van der Waals surface area (Å²) in [5.74, 6) is -1.08. The molecule has 0 radical (unpaired) electrons. The van der Waals surface area contributed by atoms with Crippen molar-refractivity contribution in [2.45, 2.75) is 38.0 Å². The zero-order valence-electron chi connectivity index (χ0n) is 11.2. The third-order valence-corrected chi connectivity index (χ3v) is 4.05. The maximum Gasteiger partial charge on any atom is 0.326 e. The molecule has 2 amide bonds. The molecule has 0 saturated carbocycles. The number of β-amino-alcohol motifs (C(OH)–C–C–N with tert-alkyl or cyclic N) is 1. The van der Waals surface area contributed by atoms with Gasteiger partial charge in [0.1, 0.15) is 6.04 Å². The van der Waals surface area contributed by atoms with Crippen LogP contribution >= 0.6 is 11.3 Å². The van der Waals surface area contributed by atoms with Gasteiger partial charge in [0.25, 0.3) is 0 Å². The zero-order valence-corrected chi connectivity index (χ0v) is 12.0. The molecular formula is C13H18N2O4S. The Morgan fingerprint density at radius 3 is 2.95 bits per heavy atom. The van der Waals surface area contributed by atoms with E-state index in [1.165, 1.54) is 4.90 Å². The number of nitrogens with one attached hydrogen (secondary N) is 1. The summed E-state index contributed by atoms with van der Waals surface area (Å²) in [6, 6.07) is 0.520. The van der Waals surface area contributed by atoms with Gasteiger partial charge in [-0.2, -0.15) is 11.3 Å². The summed E-state index contributed by atoms with van der Waals surface area (Å²) in [6.45, 7) is 1.94. The largest absolute Gasteiger partial charge is 0.480 e. The fraction of sp³-hybridized carbons (Fsp3) is 0.538. The molecule has 6 nitrogen and oxygen atoms in total. The van der Waals surface area contributed by atoms with Crippen molar-refractivity contribution in [2.75, 3.05) is 6.54 Å². The number of rotatable bonds is 4. The zero-order chi connectivity index (χ0) is 14.7. The van der Waals surface area contributed by atoms with Crippen molar-refractivity contribution in [1.82, 2.24) is 10.2 Å². The number of hydrogen-bond donors (Lipinski definition) is 3. The molecule has 1 saturated heterocycles. The average molecular weight is 298 g/mol. The van der Waals surface area contributed by atoms with Crippen LogP contribution in [0.15, 0.2) is 16.8 Å². The van der Waals surface area contributed by atoms with Gasteiger partial charge in [-0.1, -0.05) is 0 Å².